The molecule has 9 heteroatoms. The largest absolute Gasteiger partial charge is 0.342 e. The van der Waals surface area contributed by atoms with Crippen molar-refractivity contribution in [1.82, 2.24) is 24.8 Å². The minimum absolute atomic E-state index is 0.136. The van der Waals surface area contributed by atoms with Gasteiger partial charge in [0.15, 0.2) is 5.82 Å². The summed E-state index contributed by atoms with van der Waals surface area (Å²) in [5, 5.41) is 3.83. The number of piperazine rings is 1. The Morgan fingerprint density at radius 2 is 1.69 bits per heavy atom. The molecule has 0 unspecified atom stereocenters. The van der Waals surface area contributed by atoms with E-state index < -0.39 is 0 Å². The first-order valence-corrected chi connectivity index (χ1v) is 10.4. The number of thioether (sulfide) groups is 1. The SMILES string of the molecule is Cc1nc(CSCC(=O)N2CCN(CC(=O)N3CCCCC3)CC2)no1. The molecule has 3 rings (SSSR count). The van der Waals surface area contributed by atoms with Crippen molar-refractivity contribution in [2.75, 3.05) is 51.6 Å². The monoisotopic (exact) mass is 381 g/mol. The van der Waals surface area contributed by atoms with Crippen molar-refractivity contribution >= 4 is 23.6 Å². The molecule has 2 aliphatic rings. The van der Waals surface area contributed by atoms with Gasteiger partial charge in [-0.05, 0) is 19.3 Å². The van der Waals surface area contributed by atoms with Crippen LogP contribution in [-0.2, 0) is 15.3 Å². The molecule has 26 heavy (non-hydrogen) atoms. The van der Waals surface area contributed by atoms with Gasteiger partial charge in [-0.25, -0.2) is 0 Å². The molecule has 144 valence electrons. The highest BCUT2D eigenvalue weighted by molar-refractivity contribution is 7.99. The van der Waals surface area contributed by atoms with E-state index in [-0.39, 0.29) is 11.8 Å². The highest BCUT2D eigenvalue weighted by Crippen LogP contribution is 2.13. The van der Waals surface area contributed by atoms with Crippen molar-refractivity contribution in [2.24, 2.45) is 0 Å². The molecule has 1 aromatic rings. The summed E-state index contributed by atoms with van der Waals surface area (Å²) < 4.78 is 4.92. The van der Waals surface area contributed by atoms with Crippen LogP contribution in [0.25, 0.3) is 0 Å². The first-order chi connectivity index (χ1) is 12.6. The lowest BCUT2D eigenvalue weighted by molar-refractivity contribution is -0.134. The summed E-state index contributed by atoms with van der Waals surface area (Å²) in [7, 11) is 0. The van der Waals surface area contributed by atoms with Crippen LogP contribution in [-0.4, -0.2) is 88.2 Å². The molecule has 0 aliphatic carbocycles. The lowest BCUT2D eigenvalue weighted by atomic mass is 10.1. The van der Waals surface area contributed by atoms with Gasteiger partial charge in [0.2, 0.25) is 17.7 Å². The number of carbonyl (C=O) groups is 2. The summed E-state index contributed by atoms with van der Waals surface area (Å²) in [6.07, 6.45) is 3.47. The quantitative estimate of drug-likeness (QED) is 0.720. The van der Waals surface area contributed by atoms with Gasteiger partial charge in [0.25, 0.3) is 0 Å². The van der Waals surface area contributed by atoms with Crippen LogP contribution in [0.3, 0.4) is 0 Å². The summed E-state index contributed by atoms with van der Waals surface area (Å²) >= 11 is 1.50. The minimum atomic E-state index is 0.136. The standard InChI is InChI=1S/C17H27N5O3S/c1-14-18-15(19-25-14)12-26-13-17(24)22-9-7-20(8-10-22)11-16(23)21-5-3-2-4-6-21/h2-13H2,1H3. The predicted octanol–water partition coefficient (Wildman–Crippen LogP) is 0.768. The summed E-state index contributed by atoms with van der Waals surface area (Å²) in [6, 6.07) is 0. The molecule has 0 radical (unpaired) electrons. The van der Waals surface area contributed by atoms with Crippen LogP contribution in [0.15, 0.2) is 4.52 Å². The summed E-state index contributed by atoms with van der Waals surface area (Å²) in [4.78, 5) is 34.8. The van der Waals surface area contributed by atoms with Gasteiger partial charge in [0, 0.05) is 46.2 Å². The van der Waals surface area contributed by atoms with Crippen LogP contribution >= 0.6 is 11.8 Å². The zero-order valence-corrected chi connectivity index (χ0v) is 16.2. The zero-order valence-electron chi connectivity index (χ0n) is 15.4. The maximum atomic E-state index is 12.3. The number of hydrogen-bond acceptors (Lipinski definition) is 7. The Morgan fingerprint density at radius 3 is 2.35 bits per heavy atom. The predicted molar refractivity (Wildman–Crippen MR) is 98.6 cm³/mol. The van der Waals surface area contributed by atoms with E-state index in [9.17, 15) is 9.59 Å². The van der Waals surface area contributed by atoms with Gasteiger partial charge in [0.1, 0.15) is 0 Å². The smallest absolute Gasteiger partial charge is 0.236 e. The molecule has 8 nitrogen and oxygen atoms in total. The van der Waals surface area contributed by atoms with Gasteiger partial charge >= 0.3 is 0 Å². The maximum Gasteiger partial charge on any atom is 0.236 e. The molecule has 0 atom stereocenters. The van der Waals surface area contributed by atoms with Crippen molar-refractivity contribution < 1.29 is 14.1 Å². The van der Waals surface area contributed by atoms with Crippen molar-refractivity contribution in [3.63, 3.8) is 0 Å². The second kappa shape index (κ2) is 9.36. The van der Waals surface area contributed by atoms with Crippen LogP contribution in [0, 0.1) is 6.92 Å². The highest BCUT2D eigenvalue weighted by Gasteiger charge is 2.24. The van der Waals surface area contributed by atoms with Gasteiger partial charge in [0.05, 0.1) is 18.1 Å². The minimum Gasteiger partial charge on any atom is -0.342 e. The second-order valence-corrected chi connectivity index (χ2v) is 7.81. The fourth-order valence-corrected chi connectivity index (χ4v) is 4.07. The van der Waals surface area contributed by atoms with Crippen molar-refractivity contribution in [2.45, 2.75) is 31.9 Å². The first kappa shape index (κ1) is 19.2. The van der Waals surface area contributed by atoms with E-state index in [0.29, 0.717) is 42.9 Å². The average molecular weight is 382 g/mol. The number of rotatable bonds is 6. The van der Waals surface area contributed by atoms with E-state index >= 15 is 0 Å². The van der Waals surface area contributed by atoms with Crippen molar-refractivity contribution in [3.8, 4) is 0 Å². The summed E-state index contributed by atoms with van der Waals surface area (Å²) in [5.41, 5.74) is 0. The molecule has 0 N–H and O–H groups in total. The molecule has 0 saturated carbocycles. The Labute approximate surface area is 158 Å². The Bertz CT molecular complexity index is 609. The third-order valence-electron chi connectivity index (χ3n) is 4.82. The fraction of sp³-hybridized carbons (Fsp3) is 0.765. The highest BCUT2D eigenvalue weighted by atomic mass is 32.2. The number of aryl methyl sites for hydroxylation is 1. The normalized spacial score (nSPS) is 19.0. The molecule has 0 spiro atoms. The second-order valence-electron chi connectivity index (χ2n) is 6.82. The van der Waals surface area contributed by atoms with Crippen LogP contribution in [0.5, 0.6) is 0 Å². The van der Waals surface area contributed by atoms with Gasteiger partial charge < -0.3 is 14.3 Å². The summed E-state index contributed by atoms with van der Waals surface area (Å²) in [6.45, 7) is 6.93. The zero-order chi connectivity index (χ0) is 18.4. The number of nitrogens with zero attached hydrogens (tertiary/aromatic N) is 5. The number of hydrogen-bond donors (Lipinski definition) is 0. The van der Waals surface area contributed by atoms with Crippen LogP contribution in [0.4, 0.5) is 0 Å². The Balaban J connectivity index is 1.33. The molecule has 3 heterocycles. The molecular formula is C17H27N5O3S. The molecule has 1 aromatic heterocycles. The van der Waals surface area contributed by atoms with Gasteiger partial charge in [-0.1, -0.05) is 5.16 Å². The lowest BCUT2D eigenvalue weighted by Gasteiger charge is -2.36. The van der Waals surface area contributed by atoms with E-state index in [2.05, 4.69) is 15.0 Å². The van der Waals surface area contributed by atoms with Gasteiger partial charge in [-0.2, -0.15) is 4.98 Å². The Morgan fingerprint density at radius 1 is 1.00 bits per heavy atom. The van der Waals surface area contributed by atoms with E-state index in [1.807, 2.05) is 9.80 Å². The molecule has 0 aromatic carbocycles. The van der Waals surface area contributed by atoms with Crippen LogP contribution < -0.4 is 0 Å². The molecule has 2 fully saturated rings. The number of carbonyl (C=O) groups excluding carboxylic acids is 2. The molecule has 2 amide bonds. The third-order valence-corrected chi connectivity index (χ3v) is 5.73. The van der Waals surface area contributed by atoms with Gasteiger partial charge in [-0.3, -0.25) is 14.5 Å². The van der Waals surface area contributed by atoms with Crippen molar-refractivity contribution in [3.05, 3.63) is 11.7 Å². The Kier molecular flexibility index (Phi) is 6.90. The maximum absolute atomic E-state index is 12.3. The summed E-state index contributed by atoms with van der Waals surface area (Å²) in [5.74, 6) is 2.53. The topological polar surface area (TPSA) is 82.8 Å². The number of piperidine rings is 1. The van der Waals surface area contributed by atoms with Crippen LogP contribution in [0.2, 0.25) is 0 Å². The third kappa shape index (κ3) is 5.44. The first-order valence-electron chi connectivity index (χ1n) is 9.26. The molecule has 2 aliphatic heterocycles. The lowest BCUT2D eigenvalue weighted by Crippen LogP contribution is -2.52. The van der Waals surface area contributed by atoms with Gasteiger partial charge in [-0.15, -0.1) is 11.8 Å². The van der Waals surface area contributed by atoms with E-state index in [4.69, 9.17) is 4.52 Å². The number of aromatic nitrogens is 2. The van der Waals surface area contributed by atoms with E-state index in [1.165, 1.54) is 18.2 Å². The molecule has 2 saturated heterocycles. The molecule has 0 bridgehead atoms. The van der Waals surface area contributed by atoms with Crippen LogP contribution in [0.1, 0.15) is 31.0 Å². The number of amides is 2. The van der Waals surface area contributed by atoms with E-state index in [1.54, 1.807) is 6.92 Å². The number of likely N-dealkylation sites (tertiary alicyclic amines) is 1. The van der Waals surface area contributed by atoms with E-state index in [0.717, 1.165) is 39.0 Å². The molecular weight excluding hydrogens is 354 g/mol. The average Bonchev–Trinajstić information content (AvgIpc) is 3.08. The van der Waals surface area contributed by atoms with Crippen molar-refractivity contribution in [1.29, 1.82) is 0 Å². The fourth-order valence-electron chi connectivity index (χ4n) is 3.31. The Hall–Kier alpha value is -1.61.